The molecule has 0 saturated heterocycles. The first kappa shape index (κ1) is 34.7. The lowest BCUT2D eigenvalue weighted by atomic mass is 10.1. The van der Waals surface area contributed by atoms with E-state index in [9.17, 15) is 29.8 Å². The molecule has 0 spiro atoms. The minimum absolute atomic E-state index is 0.0699. The van der Waals surface area contributed by atoms with E-state index in [1.807, 2.05) is 72.8 Å². The van der Waals surface area contributed by atoms with E-state index >= 15 is 0 Å². The maximum atomic E-state index is 14.1. The molecule has 16 heteroatoms. The number of anilines is 2. The Morgan fingerprint density at radius 2 is 0.946 bits per heavy atom. The molecule has 4 aliphatic heterocycles. The van der Waals surface area contributed by atoms with Gasteiger partial charge in [0, 0.05) is 33.1 Å². The highest BCUT2D eigenvalue weighted by Gasteiger charge is 2.43. The van der Waals surface area contributed by atoms with Crippen molar-refractivity contribution in [1.82, 2.24) is 9.80 Å². The highest BCUT2D eigenvalue weighted by Crippen LogP contribution is 2.50. The molecule has 14 nitrogen and oxygen atoms in total. The first-order valence-corrected chi connectivity index (χ1v) is 18.9. The Labute approximate surface area is 326 Å². The smallest absolute Gasteiger partial charge is 0.280 e. The number of carbonyl (C=O) groups excluding carboxylic acids is 2. The van der Waals surface area contributed by atoms with Crippen LogP contribution in [0.2, 0.25) is 0 Å². The zero-order chi connectivity index (χ0) is 38.5. The SMILES string of the molecule is O=C1/C(=C/c2ccccc2[N+](=O)[O-])N=C(c2ccccc2)N1C1Nc2cc3c(cc2S1)NC(N1C(=O)/C(=C/c2ccccc2[N+](=O)[O-])N=C1c1ccccc1)S3. The number of nitro groups is 2. The molecule has 0 aliphatic carbocycles. The number of hydrogen-bond acceptors (Lipinski definition) is 12. The number of aliphatic imine (C=N–C) groups is 2. The number of benzene rings is 5. The number of para-hydroxylation sites is 2. The van der Waals surface area contributed by atoms with Crippen LogP contribution in [0.3, 0.4) is 0 Å². The molecular formula is C40H26N8O6S2. The van der Waals surface area contributed by atoms with Crippen LogP contribution in [0, 0.1) is 20.2 Å². The number of carbonyl (C=O) groups is 2. The van der Waals surface area contributed by atoms with Crippen molar-refractivity contribution in [2.75, 3.05) is 10.6 Å². The fourth-order valence-electron chi connectivity index (χ4n) is 6.70. The van der Waals surface area contributed by atoms with Gasteiger partial charge in [0.2, 0.25) is 0 Å². The molecule has 4 aliphatic rings. The second-order valence-corrected chi connectivity index (χ2v) is 15.0. The average molecular weight is 779 g/mol. The summed E-state index contributed by atoms with van der Waals surface area (Å²) in [6, 6.07) is 34.8. The Kier molecular flexibility index (Phi) is 8.67. The van der Waals surface area contributed by atoms with Crippen LogP contribution in [0.15, 0.2) is 152 Å². The maximum Gasteiger partial charge on any atom is 0.280 e. The van der Waals surface area contributed by atoms with Crippen LogP contribution < -0.4 is 10.6 Å². The van der Waals surface area contributed by atoms with E-state index in [1.165, 1.54) is 47.8 Å². The van der Waals surface area contributed by atoms with Crippen molar-refractivity contribution in [1.29, 1.82) is 0 Å². The fourth-order valence-corrected chi connectivity index (χ4v) is 9.02. The van der Waals surface area contributed by atoms with Crippen LogP contribution in [0.5, 0.6) is 0 Å². The normalized spacial score (nSPS) is 19.8. The van der Waals surface area contributed by atoms with E-state index in [2.05, 4.69) is 10.6 Å². The lowest BCUT2D eigenvalue weighted by molar-refractivity contribution is -0.385. The summed E-state index contributed by atoms with van der Waals surface area (Å²) < 4.78 is 0. The molecule has 9 rings (SSSR count). The molecule has 4 heterocycles. The summed E-state index contributed by atoms with van der Waals surface area (Å²) >= 11 is 2.83. The third-order valence-electron chi connectivity index (χ3n) is 9.29. The van der Waals surface area contributed by atoms with Crippen LogP contribution in [0.25, 0.3) is 12.2 Å². The molecule has 0 aromatic heterocycles. The first-order chi connectivity index (χ1) is 27.2. The maximum absolute atomic E-state index is 14.1. The summed E-state index contributed by atoms with van der Waals surface area (Å²) in [6.07, 6.45) is 2.89. The molecule has 0 fully saturated rings. The molecule has 5 aromatic carbocycles. The lowest BCUT2D eigenvalue weighted by Gasteiger charge is -2.25. The molecule has 0 bridgehead atoms. The molecule has 0 radical (unpaired) electrons. The molecule has 2 amide bonds. The number of amidine groups is 2. The van der Waals surface area contributed by atoms with Crippen molar-refractivity contribution in [2.45, 2.75) is 20.8 Å². The number of fused-ring (bicyclic) bond motifs is 2. The Morgan fingerprint density at radius 3 is 1.34 bits per heavy atom. The molecule has 274 valence electrons. The first-order valence-electron chi connectivity index (χ1n) is 17.1. The molecule has 2 atom stereocenters. The topological polar surface area (TPSA) is 176 Å². The van der Waals surface area contributed by atoms with Gasteiger partial charge >= 0.3 is 0 Å². The Morgan fingerprint density at radius 1 is 0.571 bits per heavy atom. The van der Waals surface area contributed by atoms with Crippen molar-refractivity contribution in [3.8, 4) is 0 Å². The number of hydrogen-bond donors (Lipinski definition) is 2. The molecule has 56 heavy (non-hydrogen) atoms. The van der Waals surface area contributed by atoms with Crippen LogP contribution >= 0.6 is 23.5 Å². The van der Waals surface area contributed by atoms with E-state index in [0.29, 0.717) is 22.8 Å². The van der Waals surface area contributed by atoms with Crippen LogP contribution in [-0.4, -0.2) is 54.1 Å². The number of thioether (sulfide) groups is 2. The zero-order valence-corrected chi connectivity index (χ0v) is 30.4. The van der Waals surface area contributed by atoms with Crippen LogP contribution in [0.4, 0.5) is 22.7 Å². The summed E-state index contributed by atoms with van der Waals surface area (Å²) in [5, 5.41) is 30.4. The molecule has 0 saturated carbocycles. The van der Waals surface area contributed by atoms with Gasteiger partial charge in [-0.3, -0.25) is 39.6 Å². The zero-order valence-electron chi connectivity index (χ0n) is 28.8. The minimum Gasteiger partial charge on any atom is -0.355 e. The van der Waals surface area contributed by atoms with E-state index in [4.69, 9.17) is 9.98 Å². The molecular weight excluding hydrogens is 753 g/mol. The van der Waals surface area contributed by atoms with Gasteiger partial charge in [-0.15, -0.1) is 0 Å². The largest absolute Gasteiger partial charge is 0.355 e. The Balaban J connectivity index is 0.997. The van der Waals surface area contributed by atoms with Gasteiger partial charge in [-0.25, -0.2) is 9.98 Å². The third-order valence-corrected chi connectivity index (χ3v) is 11.6. The highest BCUT2D eigenvalue weighted by molar-refractivity contribution is 8.01. The van der Waals surface area contributed by atoms with Gasteiger partial charge in [-0.2, -0.15) is 0 Å². The van der Waals surface area contributed by atoms with E-state index in [0.717, 1.165) is 21.2 Å². The second kappa shape index (κ2) is 14.0. The van der Waals surface area contributed by atoms with Crippen LogP contribution in [-0.2, 0) is 9.59 Å². The van der Waals surface area contributed by atoms with Gasteiger partial charge in [0.25, 0.3) is 23.2 Å². The number of nitrogens with zero attached hydrogens (tertiary/aromatic N) is 6. The van der Waals surface area contributed by atoms with Crippen molar-refractivity contribution in [2.24, 2.45) is 9.98 Å². The standard InChI is InChI=1S/C40H26N8O6S2/c49-37-29(19-25-15-7-9-17-31(25)47(51)52)41-35(23-11-3-1-4-12-23)45(37)39-43-27-21-34-28(22-33(27)55-39)44-40(56-34)46-36(24-13-5-2-6-14-24)42-30(38(46)50)20-26-16-8-10-18-32(26)48(53)54/h1-22,39-40,43-44H/b29-19-,30-20-. The van der Waals surface area contributed by atoms with Crippen molar-refractivity contribution >= 4 is 81.9 Å². The van der Waals surface area contributed by atoms with Gasteiger partial charge in [0.1, 0.15) is 23.1 Å². The summed E-state index contributed by atoms with van der Waals surface area (Å²) in [5.41, 5.74) is 2.17. The number of nitro benzene ring substituents is 2. The fraction of sp³-hybridized carbons (Fsp3) is 0.0500. The van der Waals surface area contributed by atoms with Crippen LogP contribution in [0.1, 0.15) is 22.3 Å². The Hall–Kier alpha value is -7.04. The quantitative estimate of drug-likeness (QED) is 0.0900. The van der Waals surface area contributed by atoms with Gasteiger partial charge < -0.3 is 10.6 Å². The third kappa shape index (κ3) is 6.15. The highest BCUT2D eigenvalue weighted by atomic mass is 32.2. The number of amides is 2. The summed E-state index contributed by atoms with van der Waals surface area (Å²) in [5.74, 6) is -0.0126. The lowest BCUT2D eigenvalue weighted by Crippen LogP contribution is -2.42. The van der Waals surface area contributed by atoms with Gasteiger partial charge in [0.15, 0.2) is 11.0 Å². The second-order valence-electron chi connectivity index (χ2n) is 12.7. The molecule has 2 unspecified atom stereocenters. The van der Waals surface area contributed by atoms with E-state index in [-0.39, 0.29) is 33.9 Å². The predicted octanol–water partition coefficient (Wildman–Crippen LogP) is 7.77. The van der Waals surface area contributed by atoms with Crippen molar-refractivity contribution < 1.29 is 19.4 Å². The van der Waals surface area contributed by atoms with Gasteiger partial charge in [-0.1, -0.05) is 108 Å². The van der Waals surface area contributed by atoms with Gasteiger partial charge in [0.05, 0.1) is 32.3 Å². The summed E-state index contributed by atoms with van der Waals surface area (Å²) in [7, 11) is 0. The molecule has 5 aromatic rings. The Bertz CT molecular complexity index is 2420. The average Bonchev–Trinajstić information content (AvgIpc) is 3.97. The van der Waals surface area contributed by atoms with Gasteiger partial charge in [-0.05, 0) is 36.4 Å². The monoisotopic (exact) mass is 778 g/mol. The number of nitrogens with one attached hydrogen (secondary N) is 2. The summed E-state index contributed by atoms with van der Waals surface area (Å²) in [6.45, 7) is 0. The predicted molar refractivity (Wildman–Crippen MR) is 215 cm³/mol. The number of rotatable bonds is 8. The molecule has 2 N–H and O–H groups in total. The van der Waals surface area contributed by atoms with Crippen molar-refractivity contribution in [3.63, 3.8) is 0 Å². The minimum atomic E-state index is -0.594. The van der Waals surface area contributed by atoms with Crippen molar-refractivity contribution in [3.05, 3.63) is 175 Å². The summed E-state index contributed by atoms with van der Waals surface area (Å²) in [4.78, 5) is 64.9. The van der Waals surface area contributed by atoms with E-state index in [1.54, 1.807) is 46.2 Å². The van der Waals surface area contributed by atoms with E-state index < -0.39 is 32.7 Å².